The van der Waals surface area contributed by atoms with Crippen LogP contribution >= 0.6 is 11.6 Å². The van der Waals surface area contributed by atoms with Gasteiger partial charge >= 0.3 is 6.03 Å². The molecule has 1 heterocycles. The van der Waals surface area contributed by atoms with Gasteiger partial charge in [0, 0.05) is 0 Å². The summed E-state index contributed by atoms with van der Waals surface area (Å²) in [7, 11) is 0. The Bertz CT molecular complexity index is 422. The molecule has 1 aromatic carbocycles. The van der Waals surface area contributed by atoms with Gasteiger partial charge in [0.15, 0.2) is 6.61 Å². The second-order valence-electron chi connectivity index (χ2n) is 3.19. The van der Waals surface area contributed by atoms with E-state index in [2.05, 4.69) is 5.32 Å². The van der Waals surface area contributed by atoms with Crippen molar-refractivity contribution in [3.8, 4) is 5.75 Å². The summed E-state index contributed by atoms with van der Waals surface area (Å²) in [6.45, 7) is 0.0460. The molecule has 0 aliphatic carbocycles. The highest BCUT2D eigenvalue weighted by Crippen LogP contribution is 2.07. The number of ether oxygens (including phenoxy) is 1. The molecule has 0 atom stereocenters. The molecule has 0 bridgehead atoms. The number of carbonyl (C=O) groups excluding carboxylic acids is 3. The quantitative estimate of drug-likeness (QED) is 0.624. The Morgan fingerprint density at radius 1 is 1.28 bits per heavy atom. The number of urea groups is 1. The van der Waals surface area contributed by atoms with Crippen LogP contribution in [-0.4, -0.2) is 30.3 Å². The third-order valence-corrected chi connectivity index (χ3v) is 1.87. The van der Waals surface area contributed by atoms with Crippen molar-refractivity contribution in [2.75, 3.05) is 13.2 Å². The molecule has 1 aromatic rings. The number of hydrogen-bond acceptors (Lipinski definition) is 4. The normalized spacial score (nSPS) is 12.9. The number of halogens is 1. The minimum Gasteiger partial charge on any atom is -0.484 e. The second-order valence-corrected chi connectivity index (χ2v) is 3.61. The summed E-state index contributed by atoms with van der Waals surface area (Å²) in [5, 5.41) is 3.81. The zero-order valence-electron chi connectivity index (χ0n) is 9.31. The molecule has 0 radical (unpaired) electrons. The van der Waals surface area contributed by atoms with E-state index in [-0.39, 0.29) is 19.1 Å². The zero-order chi connectivity index (χ0) is 13.4. The maximum absolute atomic E-state index is 10.3. The third-order valence-electron chi connectivity index (χ3n) is 1.76. The summed E-state index contributed by atoms with van der Waals surface area (Å²) >= 11 is 5.06. The van der Waals surface area contributed by atoms with Crippen molar-refractivity contribution >= 4 is 28.8 Å². The summed E-state index contributed by atoms with van der Waals surface area (Å²) in [5.41, 5.74) is 0. The number of hydrogen-bond donors (Lipinski definition) is 2. The van der Waals surface area contributed by atoms with E-state index in [1.54, 1.807) is 12.1 Å². The maximum Gasteiger partial charge on any atom is 0.321 e. The van der Waals surface area contributed by atoms with E-state index < -0.39 is 11.3 Å². The number of imide groups is 1. The summed E-state index contributed by atoms with van der Waals surface area (Å²) in [6, 6.07) is 8.65. The van der Waals surface area contributed by atoms with Crippen molar-refractivity contribution < 1.29 is 19.1 Å². The standard InChI is InChI=1S/C8H7ClO2.C3H4N2O2/c9-8(10)6-11-7-4-2-1-3-5-7;6-2-1-4-3(7)5-2/h1-5H,6H2;1H2,(H2,4,5,6,7). The highest BCUT2D eigenvalue weighted by atomic mass is 35.5. The van der Waals surface area contributed by atoms with Gasteiger partial charge in [0.05, 0.1) is 6.54 Å². The Balaban J connectivity index is 0.000000199. The average molecular weight is 271 g/mol. The van der Waals surface area contributed by atoms with Gasteiger partial charge in [-0.2, -0.15) is 0 Å². The Morgan fingerprint density at radius 3 is 2.33 bits per heavy atom. The topological polar surface area (TPSA) is 84.5 Å². The zero-order valence-corrected chi connectivity index (χ0v) is 10.1. The summed E-state index contributed by atoms with van der Waals surface area (Å²) in [6.07, 6.45) is 0. The molecule has 6 nitrogen and oxygen atoms in total. The first-order valence-electron chi connectivity index (χ1n) is 5.02. The molecule has 0 aromatic heterocycles. The summed E-state index contributed by atoms with van der Waals surface area (Å²) < 4.78 is 4.99. The molecule has 0 saturated carbocycles. The molecule has 3 amide bonds. The van der Waals surface area contributed by atoms with Crippen LogP contribution in [0.3, 0.4) is 0 Å². The number of carbonyl (C=O) groups is 3. The Labute approximate surface area is 108 Å². The Hall–Kier alpha value is -2.08. The Morgan fingerprint density at radius 2 is 1.94 bits per heavy atom. The molecular weight excluding hydrogens is 260 g/mol. The summed E-state index contributed by atoms with van der Waals surface area (Å²) in [5.74, 6) is 0.395. The first-order chi connectivity index (χ1) is 8.58. The smallest absolute Gasteiger partial charge is 0.321 e. The number of amides is 3. The SMILES string of the molecule is O=C(Cl)COc1ccccc1.O=C1CNC(=O)N1. The van der Waals surface area contributed by atoms with Crippen LogP contribution in [-0.2, 0) is 9.59 Å². The van der Waals surface area contributed by atoms with Gasteiger partial charge in [0.1, 0.15) is 5.75 Å². The molecule has 2 N–H and O–H groups in total. The van der Waals surface area contributed by atoms with E-state index in [0.717, 1.165) is 0 Å². The molecule has 96 valence electrons. The fraction of sp³-hybridized carbons (Fsp3) is 0.182. The van der Waals surface area contributed by atoms with Crippen molar-refractivity contribution in [3.05, 3.63) is 30.3 Å². The maximum atomic E-state index is 10.3. The highest BCUT2D eigenvalue weighted by molar-refractivity contribution is 6.63. The lowest BCUT2D eigenvalue weighted by Gasteiger charge is -2.00. The highest BCUT2D eigenvalue weighted by Gasteiger charge is 2.14. The van der Waals surface area contributed by atoms with Crippen LogP contribution < -0.4 is 15.4 Å². The molecule has 1 saturated heterocycles. The van der Waals surface area contributed by atoms with Gasteiger partial charge in [-0.3, -0.25) is 14.9 Å². The fourth-order valence-electron chi connectivity index (χ4n) is 1.03. The summed E-state index contributed by atoms with van der Waals surface area (Å²) in [4.78, 5) is 30.3. The number of para-hydroxylation sites is 1. The van der Waals surface area contributed by atoms with Crippen molar-refractivity contribution in [1.29, 1.82) is 0 Å². The molecular formula is C11H11ClN2O4. The number of rotatable bonds is 3. The van der Waals surface area contributed by atoms with Crippen LogP contribution in [0.5, 0.6) is 5.75 Å². The van der Waals surface area contributed by atoms with Gasteiger partial charge in [0.25, 0.3) is 5.24 Å². The number of benzene rings is 1. The molecule has 1 fully saturated rings. The lowest BCUT2D eigenvalue weighted by atomic mass is 10.3. The number of nitrogens with one attached hydrogen (secondary N) is 2. The van der Waals surface area contributed by atoms with Gasteiger partial charge < -0.3 is 10.1 Å². The van der Waals surface area contributed by atoms with Crippen LogP contribution in [0.1, 0.15) is 0 Å². The predicted molar refractivity (Wildman–Crippen MR) is 64.3 cm³/mol. The Kier molecular flexibility index (Phi) is 5.66. The predicted octanol–water partition coefficient (Wildman–Crippen LogP) is 0.657. The van der Waals surface area contributed by atoms with Crippen LogP contribution in [0.15, 0.2) is 30.3 Å². The van der Waals surface area contributed by atoms with E-state index in [4.69, 9.17) is 16.3 Å². The van der Waals surface area contributed by atoms with Gasteiger partial charge in [-0.25, -0.2) is 4.79 Å². The molecule has 0 unspecified atom stereocenters. The monoisotopic (exact) mass is 270 g/mol. The van der Waals surface area contributed by atoms with Crippen molar-refractivity contribution in [2.45, 2.75) is 0 Å². The van der Waals surface area contributed by atoms with Crippen molar-refractivity contribution in [3.63, 3.8) is 0 Å². The van der Waals surface area contributed by atoms with Gasteiger partial charge in [-0.1, -0.05) is 18.2 Å². The van der Waals surface area contributed by atoms with Gasteiger partial charge in [-0.05, 0) is 23.7 Å². The van der Waals surface area contributed by atoms with Crippen LogP contribution in [0.25, 0.3) is 0 Å². The minimum atomic E-state index is -0.492. The van der Waals surface area contributed by atoms with Gasteiger partial charge in [0.2, 0.25) is 5.91 Å². The van der Waals surface area contributed by atoms with E-state index >= 15 is 0 Å². The lowest BCUT2D eigenvalue weighted by molar-refractivity contribution is -0.117. The minimum absolute atomic E-state index is 0.0778. The average Bonchev–Trinajstić information content (AvgIpc) is 2.73. The molecule has 0 spiro atoms. The van der Waals surface area contributed by atoms with Crippen LogP contribution in [0, 0.1) is 0 Å². The third kappa shape index (κ3) is 5.86. The first-order valence-corrected chi connectivity index (χ1v) is 5.39. The van der Waals surface area contributed by atoms with E-state index in [9.17, 15) is 14.4 Å². The van der Waals surface area contributed by atoms with Crippen LogP contribution in [0.2, 0.25) is 0 Å². The molecule has 1 aliphatic heterocycles. The second kappa shape index (κ2) is 7.29. The first kappa shape index (κ1) is 14.0. The fourth-order valence-corrected chi connectivity index (χ4v) is 1.09. The lowest BCUT2D eigenvalue weighted by Crippen LogP contribution is -2.22. The largest absolute Gasteiger partial charge is 0.484 e. The van der Waals surface area contributed by atoms with E-state index in [0.29, 0.717) is 5.75 Å². The van der Waals surface area contributed by atoms with Crippen LogP contribution in [0.4, 0.5) is 4.79 Å². The molecule has 1 aliphatic rings. The molecule has 18 heavy (non-hydrogen) atoms. The molecule has 2 rings (SSSR count). The van der Waals surface area contributed by atoms with Crippen molar-refractivity contribution in [1.82, 2.24) is 10.6 Å². The van der Waals surface area contributed by atoms with E-state index in [1.165, 1.54) is 0 Å². The van der Waals surface area contributed by atoms with Crippen molar-refractivity contribution in [2.24, 2.45) is 0 Å². The molecule has 7 heteroatoms. The van der Waals surface area contributed by atoms with Gasteiger partial charge in [-0.15, -0.1) is 0 Å². The van der Waals surface area contributed by atoms with E-state index in [1.807, 2.05) is 23.5 Å².